The molecule has 27 heavy (non-hydrogen) atoms. The summed E-state index contributed by atoms with van der Waals surface area (Å²) in [5.41, 5.74) is -0.464. The van der Waals surface area contributed by atoms with Crippen molar-refractivity contribution in [2.75, 3.05) is 6.61 Å². The van der Waals surface area contributed by atoms with Crippen LogP contribution in [0.5, 0.6) is 11.5 Å². The molecular weight excluding hydrogens is 373 g/mol. The van der Waals surface area contributed by atoms with Gasteiger partial charge < -0.3 is 14.8 Å². The van der Waals surface area contributed by atoms with E-state index in [2.05, 4.69) is 10.1 Å². The first kappa shape index (κ1) is 20.5. The van der Waals surface area contributed by atoms with Crippen LogP contribution in [0, 0.1) is 0 Å². The number of carbonyl (C=O) groups is 1. The van der Waals surface area contributed by atoms with Crippen LogP contribution in [0.3, 0.4) is 0 Å². The Labute approximate surface area is 151 Å². The maximum absolute atomic E-state index is 12.7. The van der Waals surface area contributed by atoms with Gasteiger partial charge >= 0.3 is 12.8 Å². The molecule has 0 saturated heterocycles. The van der Waals surface area contributed by atoms with Crippen molar-refractivity contribution >= 4 is 5.91 Å². The monoisotopic (exact) mass is 389 g/mol. The molecule has 9 heteroatoms. The van der Waals surface area contributed by atoms with Gasteiger partial charge in [0, 0.05) is 12.1 Å². The third-order valence-corrected chi connectivity index (χ3v) is 3.43. The van der Waals surface area contributed by atoms with Crippen molar-refractivity contribution in [1.82, 2.24) is 5.32 Å². The molecule has 0 radical (unpaired) electrons. The molecule has 0 aliphatic carbocycles. The van der Waals surface area contributed by atoms with Crippen molar-refractivity contribution in [2.24, 2.45) is 0 Å². The van der Waals surface area contributed by atoms with Gasteiger partial charge in [0.2, 0.25) is 0 Å². The largest absolute Gasteiger partial charge is 0.490 e. The molecule has 0 heterocycles. The Hall–Kier alpha value is -2.84. The lowest BCUT2D eigenvalue weighted by atomic mass is 10.1. The lowest BCUT2D eigenvalue weighted by Gasteiger charge is -2.13. The maximum atomic E-state index is 12.7. The molecule has 0 spiro atoms. The number of ether oxygens (including phenoxy) is 2. The van der Waals surface area contributed by atoms with Crippen LogP contribution in [0.25, 0.3) is 0 Å². The van der Waals surface area contributed by atoms with Crippen molar-refractivity contribution in [3.8, 4) is 11.5 Å². The summed E-state index contributed by atoms with van der Waals surface area (Å²) >= 11 is 0. The summed E-state index contributed by atoms with van der Waals surface area (Å²) in [6.07, 6.45) is -4.48. The summed E-state index contributed by atoms with van der Waals surface area (Å²) in [6.45, 7) is -1.39. The van der Waals surface area contributed by atoms with Gasteiger partial charge in [-0.25, -0.2) is 0 Å². The number of amides is 1. The first-order valence-electron chi connectivity index (χ1n) is 7.86. The van der Waals surface area contributed by atoms with E-state index in [4.69, 9.17) is 4.74 Å². The first-order chi connectivity index (χ1) is 12.7. The Kier molecular flexibility index (Phi) is 6.59. The van der Waals surface area contributed by atoms with Crippen LogP contribution in [0.15, 0.2) is 42.5 Å². The van der Waals surface area contributed by atoms with E-state index >= 15 is 0 Å². The second kappa shape index (κ2) is 8.70. The Morgan fingerprint density at radius 3 is 2.48 bits per heavy atom. The molecule has 2 aromatic rings. The summed E-state index contributed by atoms with van der Waals surface area (Å²) in [5.74, 6) is -0.859. The summed E-state index contributed by atoms with van der Waals surface area (Å²) in [5, 5.41) is 2.47. The highest BCUT2D eigenvalue weighted by atomic mass is 19.4. The van der Waals surface area contributed by atoms with E-state index in [0.29, 0.717) is 0 Å². The number of hydrogen-bond acceptors (Lipinski definition) is 3. The molecule has 2 rings (SSSR count). The van der Waals surface area contributed by atoms with Gasteiger partial charge in [-0.05, 0) is 42.8 Å². The number of rotatable bonds is 7. The zero-order valence-corrected chi connectivity index (χ0v) is 14.1. The van der Waals surface area contributed by atoms with Crippen LogP contribution in [0.4, 0.5) is 22.0 Å². The topological polar surface area (TPSA) is 47.6 Å². The Morgan fingerprint density at radius 2 is 1.85 bits per heavy atom. The number of nitrogens with one attached hydrogen (secondary N) is 1. The zero-order valence-electron chi connectivity index (χ0n) is 14.1. The van der Waals surface area contributed by atoms with Gasteiger partial charge in [-0.3, -0.25) is 4.79 Å². The average Bonchev–Trinajstić information content (AvgIpc) is 2.60. The first-order valence-corrected chi connectivity index (χ1v) is 7.86. The molecule has 0 saturated carbocycles. The van der Waals surface area contributed by atoms with Crippen LogP contribution in [-0.2, 0) is 12.7 Å². The van der Waals surface area contributed by atoms with Crippen LogP contribution in [0.1, 0.15) is 28.4 Å². The van der Waals surface area contributed by atoms with Crippen LogP contribution in [-0.4, -0.2) is 19.1 Å². The normalized spacial score (nSPS) is 11.4. The number of hydrogen-bond donors (Lipinski definition) is 1. The lowest BCUT2D eigenvalue weighted by molar-refractivity contribution is -0.137. The molecule has 0 aliphatic heterocycles. The van der Waals surface area contributed by atoms with Gasteiger partial charge in [0.15, 0.2) is 11.5 Å². The standard InChI is InChI=1S/C18H16F5NO3/c1-2-26-15-9-12(6-7-14(15)27-17(19)20)16(25)24-10-11-4-3-5-13(8-11)18(21,22)23/h3-9,17H,2,10H2,1H3,(H,24,25). The fourth-order valence-corrected chi connectivity index (χ4v) is 2.25. The molecular formula is C18H16F5NO3. The fourth-order valence-electron chi connectivity index (χ4n) is 2.25. The highest BCUT2D eigenvalue weighted by molar-refractivity contribution is 5.94. The third kappa shape index (κ3) is 5.83. The molecule has 0 bridgehead atoms. The molecule has 0 fully saturated rings. The van der Waals surface area contributed by atoms with Crippen LogP contribution in [0.2, 0.25) is 0 Å². The second-order valence-corrected chi connectivity index (χ2v) is 5.35. The maximum Gasteiger partial charge on any atom is 0.416 e. The van der Waals surface area contributed by atoms with Gasteiger partial charge in [0.05, 0.1) is 12.2 Å². The third-order valence-electron chi connectivity index (χ3n) is 3.43. The van der Waals surface area contributed by atoms with Gasteiger partial charge in [-0.1, -0.05) is 12.1 Å². The Balaban J connectivity index is 2.10. The number of halogens is 5. The summed E-state index contributed by atoms with van der Waals surface area (Å²) in [6, 6.07) is 8.20. The molecule has 2 aromatic carbocycles. The molecule has 1 N–H and O–H groups in total. The SMILES string of the molecule is CCOc1cc(C(=O)NCc2cccc(C(F)(F)F)c2)ccc1OC(F)F. The summed E-state index contributed by atoms with van der Waals surface area (Å²) < 4.78 is 72.4. The van der Waals surface area contributed by atoms with Crippen molar-refractivity contribution in [2.45, 2.75) is 26.3 Å². The lowest BCUT2D eigenvalue weighted by Crippen LogP contribution is -2.23. The molecule has 4 nitrogen and oxygen atoms in total. The fraction of sp³-hybridized carbons (Fsp3) is 0.278. The van der Waals surface area contributed by atoms with Gasteiger partial charge in [0.1, 0.15) is 0 Å². The number of carbonyl (C=O) groups excluding carboxylic acids is 1. The molecule has 0 aliphatic rings. The molecule has 146 valence electrons. The minimum atomic E-state index is -4.48. The van der Waals surface area contributed by atoms with Crippen LogP contribution < -0.4 is 14.8 Å². The van der Waals surface area contributed by atoms with Gasteiger partial charge in [-0.2, -0.15) is 22.0 Å². The van der Waals surface area contributed by atoms with E-state index in [9.17, 15) is 26.7 Å². The predicted molar refractivity (Wildman–Crippen MR) is 86.9 cm³/mol. The number of benzene rings is 2. The highest BCUT2D eigenvalue weighted by Gasteiger charge is 2.30. The van der Waals surface area contributed by atoms with Gasteiger partial charge in [0.25, 0.3) is 5.91 Å². The quantitative estimate of drug-likeness (QED) is 0.702. The van der Waals surface area contributed by atoms with Crippen LogP contribution >= 0.6 is 0 Å². The van der Waals surface area contributed by atoms with E-state index in [0.717, 1.165) is 18.2 Å². The Morgan fingerprint density at radius 1 is 1.11 bits per heavy atom. The van der Waals surface area contributed by atoms with E-state index in [-0.39, 0.29) is 35.8 Å². The second-order valence-electron chi connectivity index (χ2n) is 5.35. The van der Waals surface area contributed by atoms with Crippen molar-refractivity contribution in [3.05, 3.63) is 59.2 Å². The minimum Gasteiger partial charge on any atom is -0.490 e. The van der Waals surface area contributed by atoms with Crippen molar-refractivity contribution < 1.29 is 36.2 Å². The molecule has 0 aromatic heterocycles. The average molecular weight is 389 g/mol. The van der Waals surface area contributed by atoms with Gasteiger partial charge in [-0.15, -0.1) is 0 Å². The van der Waals surface area contributed by atoms with E-state index in [1.54, 1.807) is 6.92 Å². The summed E-state index contributed by atoms with van der Waals surface area (Å²) in [4.78, 5) is 12.2. The molecule has 0 atom stereocenters. The smallest absolute Gasteiger partial charge is 0.416 e. The minimum absolute atomic E-state index is 0.0375. The zero-order chi connectivity index (χ0) is 20.0. The van der Waals surface area contributed by atoms with Crippen molar-refractivity contribution in [3.63, 3.8) is 0 Å². The summed E-state index contributed by atoms with van der Waals surface area (Å²) in [7, 11) is 0. The van der Waals surface area contributed by atoms with E-state index in [1.165, 1.54) is 24.3 Å². The molecule has 1 amide bonds. The molecule has 0 unspecified atom stereocenters. The number of alkyl halides is 5. The predicted octanol–water partition coefficient (Wildman–Crippen LogP) is 4.64. The Bertz CT molecular complexity index is 793. The van der Waals surface area contributed by atoms with E-state index < -0.39 is 24.3 Å². The van der Waals surface area contributed by atoms with E-state index in [1.807, 2.05) is 0 Å². The highest BCUT2D eigenvalue weighted by Crippen LogP contribution is 2.31. The van der Waals surface area contributed by atoms with Crippen molar-refractivity contribution in [1.29, 1.82) is 0 Å².